The Balaban J connectivity index is 2.20. The summed E-state index contributed by atoms with van der Waals surface area (Å²) in [6, 6.07) is 5.53. The fourth-order valence-electron chi connectivity index (χ4n) is 2.74. The summed E-state index contributed by atoms with van der Waals surface area (Å²) in [5.74, 6) is 0.622. The van der Waals surface area contributed by atoms with Gasteiger partial charge >= 0.3 is 13.9 Å². The first kappa shape index (κ1) is 23.4. The molecule has 1 aromatic heterocycles. The fraction of sp³-hybridized carbons (Fsp3) is 0.526. The van der Waals surface area contributed by atoms with E-state index in [4.69, 9.17) is 23.0 Å². The summed E-state index contributed by atoms with van der Waals surface area (Å²) in [4.78, 5) is 14.7. The van der Waals surface area contributed by atoms with Crippen LogP contribution in [0, 0.1) is 0 Å². The van der Waals surface area contributed by atoms with Crippen LogP contribution < -0.4 is 4.74 Å². The smallest absolute Gasteiger partial charge is 0.477 e. The van der Waals surface area contributed by atoms with E-state index in [2.05, 4.69) is 4.90 Å². The first-order valence-corrected chi connectivity index (χ1v) is 10.8. The molecule has 2 aromatic rings. The summed E-state index contributed by atoms with van der Waals surface area (Å²) in [7, 11) is 1.78. The standard InChI is InChI=1S/C19H29N2O7P/c1-6-26-29(23,27-7-2)28-14-25-19(22)21-13-15(10-11-20(3)4)17-9-8-16(24-5)12-18(17)21/h8-9,12-13H,6-7,10-11,14H2,1-5H3. The third-order valence-corrected chi connectivity index (χ3v) is 5.66. The van der Waals surface area contributed by atoms with Crippen LogP contribution in [0.4, 0.5) is 4.79 Å². The zero-order valence-electron chi connectivity index (χ0n) is 17.5. The number of phosphoric acid groups is 1. The lowest BCUT2D eigenvalue weighted by Crippen LogP contribution is -2.16. The molecule has 0 bridgehead atoms. The number of hydrogen-bond acceptors (Lipinski definition) is 8. The van der Waals surface area contributed by atoms with Gasteiger partial charge in [0.25, 0.3) is 0 Å². The number of ether oxygens (including phenoxy) is 2. The Labute approximate surface area is 171 Å². The number of rotatable bonds is 11. The van der Waals surface area contributed by atoms with Crippen LogP contribution in [0.3, 0.4) is 0 Å². The van der Waals surface area contributed by atoms with Gasteiger partial charge in [0.1, 0.15) is 5.75 Å². The normalized spacial score (nSPS) is 11.9. The van der Waals surface area contributed by atoms with Crippen LogP contribution in [0.15, 0.2) is 24.4 Å². The second kappa shape index (κ2) is 10.8. The Morgan fingerprint density at radius 2 is 1.83 bits per heavy atom. The lowest BCUT2D eigenvalue weighted by molar-refractivity contribution is 0.0243. The molecule has 0 aliphatic carbocycles. The maximum atomic E-state index is 12.6. The highest BCUT2D eigenvalue weighted by Gasteiger charge is 2.26. The Morgan fingerprint density at radius 3 is 2.41 bits per heavy atom. The Bertz CT molecular complexity index is 856. The van der Waals surface area contributed by atoms with E-state index in [1.165, 1.54) is 4.57 Å². The van der Waals surface area contributed by atoms with E-state index in [0.717, 1.165) is 23.9 Å². The zero-order valence-corrected chi connectivity index (χ0v) is 18.4. The summed E-state index contributed by atoms with van der Waals surface area (Å²) in [5, 5.41) is 0.930. The third kappa shape index (κ3) is 6.29. The number of phosphoric ester groups is 1. The monoisotopic (exact) mass is 428 g/mol. The molecule has 0 amide bonds. The predicted octanol–water partition coefficient (Wildman–Crippen LogP) is 3.89. The third-order valence-electron chi connectivity index (χ3n) is 4.09. The van der Waals surface area contributed by atoms with E-state index in [1.54, 1.807) is 33.2 Å². The van der Waals surface area contributed by atoms with E-state index in [-0.39, 0.29) is 13.2 Å². The zero-order chi connectivity index (χ0) is 21.4. The summed E-state index contributed by atoms with van der Waals surface area (Å²) in [6.45, 7) is 3.87. The van der Waals surface area contributed by atoms with Gasteiger partial charge in [0.15, 0.2) is 0 Å². The summed E-state index contributed by atoms with van der Waals surface area (Å²) in [6.07, 6.45) is 1.83. The number of carbonyl (C=O) groups is 1. The second-order valence-corrected chi connectivity index (χ2v) is 8.07. The molecule has 10 heteroatoms. The molecule has 9 nitrogen and oxygen atoms in total. The van der Waals surface area contributed by atoms with E-state index in [9.17, 15) is 9.36 Å². The molecule has 0 atom stereocenters. The van der Waals surface area contributed by atoms with Gasteiger partial charge < -0.3 is 14.4 Å². The Morgan fingerprint density at radius 1 is 1.14 bits per heavy atom. The largest absolute Gasteiger partial charge is 0.497 e. The lowest BCUT2D eigenvalue weighted by atomic mass is 10.1. The molecule has 0 saturated heterocycles. The van der Waals surface area contributed by atoms with Crippen molar-refractivity contribution < 1.29 is 32.4 Å². The van der Waals surface area contributed by atoms with E-state index < -0.39 is 20.7 Å². The van der Waals surface area contributed by atoms with Gasteiger partial charge in [-0.1, -0.05) is 0 Å². The molecular weight excluding hydrogens is 399 g/mol. The molecule has 0 saturated carbocycles. The molecule has 0 spiro atoms. The number of carbonyl (C=O) groups excluding carboxylic acids is 1. The van der Waals surface area contributed by atoms with Gasteiger partial charge in [-0.05, 0) is 52.1 Å². The van der Waals surface area contributed by atoms with Crippen molar-refractivity contribution in [2.75, 3.05) is 47.8 Å². The molecule has 1 aromatic carbocycles. The second-order valence-electron chi connectivity index (χ2n) is 6.40. The van der Waals surface area contributed by atoms with Crippen molar-refractivity contribution in [3.05, 3.63) is 30.0 Å². The number of likely N-dealkylation sites (N-methyl/N-ethyl adjacent to an activating group) is 1. The van der Waals surface area contributed by atoms with Crippen LogP contribution in [0.2, 0.25) is 0 Å². The molecule has 1 heterocycles. The molecule has 2 rings (SSSR count). The molecule has 0 aliphatic rings. The minimum Gasteiger partial charge on any atom is -0.497 e. The van der Waals surface area contributed by atoms with Crippen molar-refractivity contribution in [3.8, 4) is 5.75 Å². The van der Waals surface area contributed by atoms with Crippen LogP contribution in [0.1, 0.15) is 19.4 Å². The molecular formula is C19H29N2O7P. The van der Waals surface area contributed by atoms with Crippen molar-refractivity contribution >= 4 is 24.8 Å². The topological polar surface area (TPSA) is 88.5 Å². The number of fused-ring (bicyclic) bond motifs is 1. The molecule has 0 unspecified atom stereocenters. The molecule has 162 valence electrons. The van der Waals surface area contributed by atoms with Crippen molar-refractivity contribution in [3.63, 3.8) is 0 Å². The minimum atomic E-state index is -3.76. The van der Waals surface area contributed by atoms with Gasteiger partial charge in [0, 0.05) is 24.2 Å². The highest BCUT2D eigenvalue weighted by molar-refractivity contribution is 7.48. The molecule has 0 fully saturated rings. The number of aromatic nitrogens is 1. The SMILES string of the molecule is CCOP(=O)(OCC)OCOC(=O)n1cc(CCN(C)C)c2ccc(OC)cc21. The summed E-state index contributed by atoms with van der Waals surface area (Å²) >= 11 is 0. The van der Waals surface area contributed by atoms with E-state index >= 15 is 0 Å². The average molecular weight is 428 g/mol. The van der Waals surface area contributed by atoms with Crippen LogP contribution in [0.5, 0.6) is 5.75 Å². The summed E-state index contributed by atoms with van der Waals surface area (Å²) in [5.41, 5.74) is 1.66. The maximum Gasteiger partial charge on any atom is 0.477 e. The predicted molar refractivity (Wildman–Crippen MR) is 109 cm³/mol. The fourth-order valence-corrected chi connectivity index (χ4v) is 3.78. The van der Waals surface area contributed by atoms with Crippen LogP contribution >= 0.6 is 7.82 Å². The highest BCUT2D eigenvalue weighted by Crippen LogP contribution is 2.49. The van der Waals surface area contributed by atoms with Crippen molar-refractivity contribution in [2.24, 2.45) is 0 Å². The molecule has 0 N–H and O–H groups in total. The highest BCUT2D eigenvalue weighted by atomic mass is 31.2. The van der Waals surface area contributed by atoms with Gasteiger partial charge in [-0.3, -0.25) is 13.6 Å². The van der Waals surface area contributed by atoms with Gasteiger partial charge in [-0.15, -0.1) is 0 Å². The maximum absolute atomic E-state index is 12.6. The van der Waals surface area contributed by atoms with Crippen LogP contribution in [-0.4, -0.2) is 63.3 Å². The van der Waals surface area contributed by atoms with Gasteiger partial charge in [0.05, 0.1) is 25.8 Å². The molecule has 0 aliphatic heterocycles. The van der Waals surface area contributed by atoms with Crippen LogP contribution in [-0.2, 0) is 29.3 Å². The number of benzene rings is 1. The number of nitrogens with zero attached hydrogens (tertiary/aromatic N) is 2. The van der Waals surface area contributed by atoms with Gasteiger partial charge in [-0.2, -0.15) is 0 Å². The van der Waals surface area contributed by atoms with Gasteiger partial charge in [-0.25, -0.2) is 13.9 Å². The Kier molecular flexibility index (Phi) is 8.67. The van der Waals surface area contributed by atoms with Crippen molar-refractivity contribution in [1.29, 1.82) is 0 Å². The molecule has 0 radical (unpaired) electrons. The number of methoxy groups -OCH3 is 1. The summed E-state index contributed by atoms with van der Waals surface area (Å²) < 4.78 is 39.2. The average Bonchev–Trinajstić information content (AvgIpc) is 3.04. The first-order valence-electron chi connectivity index (χ1n) is 9.37. The van der Waals surface area contributed by atoms with Crippen molar-refractivity contribution in [2.45, 2.75) is 20.3 Å². The quantitative estimate of drug-likeness (QED) is 0.393. The van der Waals surface area contributed by atoms with E-state index in [1.807, 2.05) is 26.2 Å². The lowest BCUT2D eigenvalue weighted by Gasteiger charge is -2.16. The van der Waals surface area contributed by atoms with E-state index in [0.29, 0.717) is 11.3 Å². The number of hydrogen-bond donors (Lipinski definition) is 0. The Hall–Kier alpha value is -1.90. The van der Waals surface area contributed by atoms with Crippen LogP contribution in [0.25, 0.3) is 10.9 Å². The first-order chi connectivity index (χ1) is 13.8. The molecule has 29 heavy (non-hydrogen) atoms. The van der Waals surface area contributed by atoms with Gasteiger partial charge in [0.2, 0.25) is 6.79 Å². The van der Waals surface area contributed by atoms with Crippen molar-refractivity contribution in [1.82, 2.24) is 9.47 Å². The minimum absolute atomic E-state index is 0.141.